The minimum Gasteiger partial charge on any atom is -0.742 e. The van der Waals surface area contributed by atoms with E-state index in [9.17, 15) is 17.8 Å². The van der Waals surface area contributed by atoms with Crippen LogP contribution in [0.5, 0.6) is 0 Å². The van der Waals surface area contributed by atoms with Crippen LogP contribution in [0, 0.1) is 0 Å². The number of nitrogens with zero attached hydrogens (tertiary/aromatic N) is 1. The Morgan fingerprint density at radius 3 is 2.79 bits per heavy atom. The highest BCUT2D eigenvalue weighted by Crippen LogP contribution is 2.11. The number of thiophene rings is 1. The SMILES string of the molecule is O=C(N/N=C\c1ccc(S(=O)(=O)[O-])o1)c1cccs1. The molecule has 0 saturated heterocycles. The Balaban J connectivity index is 2.00. The molecule has 2 aromatic rings. The fourth-order valence-corrected chi connectivity index (χ4v) is 2.20. The molecule has 0 aromatic carbocycles. The van der Waals surface area contributed by atoms with Gasteiger partial charge in [0.1, 0.15) is 5.76 Å². The minimum absolute atomic E-state index is 0.0425. The van der Waals surface area contributed by atoms with Crippen LogP contribution in [0.25, 0.3) is 0 Å². The predicted molar refractivity (Wildman–Crippen MR) is 66.1 cm³/mol. The van der Waals surface area contributed by atoms with Crippen molar-refractivity contribution in [3.63, 3.8) is 0 Å². The van der Waals surface area contributed by atoms with Gasteiger partial charge < -0.3 is 8.97 Å². The van der Waals surface area contributed by atoms with Crippen LogP contribution in [-0.2, 0) is 10.1 Å². The van der Waals surface area contributed by atoms with Gasteiger partial charge in [0.15, 0.2) is 10.1 Å². The van der Waals surface area contributed by atoms with E-state index in [0.717, 1.165) is 12.3 Å². The molecule has 2 aromatic heterocycles. The maximum absolute atomic E-state index is 11.5. The maximum atomic E-state index is 11.5. The number of hydrazone groups is 1. The topological polar surface area (TPSA) is 112 Å². The standard InChI is InChI=1S/C10H8N2O5S2/c13-10(8-2-1-5-18-8)12-11-6-7-3-4-9(17-7)19(14,15)16/h1-6H,(H,12,13)(H,14,15,16)/p-1/b11-6-. The van der Waals surface area contributed by atoms with Gasteiger partial charge in [-0.1, -0.05) is 6.07 Å². The maximum Gasteiger partial charge on any atom is 0.281 e. The van der Waals surface area contributed by atoms with Crippen LogP contribution in [0.2, 0.25) is 0 Å². The van der Waals surface area contributed by atoms with Gasteiger partial charge in [-0.15, -0.1) is 11.3 Å². The molecule has 19 heavy (non-hydrogen) atoms. The van der Waals surface area contributed by atoms with Crippen LogP contribution in [0.3, 0.4) is 0 Å². The van der Waals surface area contributed by atoms with Crippen molar-refractivity contribution < 1.29 is 22.2 Å². The Morgan fingerprint density at radius 2 is 2.21 bits per heavy atom. The third kappa shape index (κ3) is 3.50. The summed E-state index contributed by atoms with van der Waals surface area (Å²) < 4.78 is 36.6. The van der Waals surface area contributed by atoms with Crippen LogP contribution in [-0.4, -0.2) is 25.1 Å². The Hall–Kier alpha value is -1.97. The molecule has 2 heterocycles. The second-order valence-corrected chi connectivity index (χ2v) is 5.55. The highest BCUT2D eigenvalue weighted by molar-refractivity contribution is 7.85. The molecule has 0 saturated carbocycles. The second kappa shape index (κ2) is 5.34. The molecule has 0 fully saturated rings. The van der Waals surface area contributed by atoms with Gasteiger partial charge in [-0.3, -0.25) is 4.79 Å². The summed E-state index contributed by atoms with van der Waals surface area (Å²) in [6.45, 7) is 0. The molecule has 0 aliphatic carbocycles. The van der Waals surface area contributed by atoms with Crippen molar-refractivity contribution in [3.05, 3.63) is 40.3 Å². The number of carbonyl (C=O) groups excluding carboxylic acids is 1. The fourth-order valence-electron chi connectivity index (χ4n) is 1.16. The summed E-state index contributed by atoms with van der Waals surface area (Å²) in [5.41, 5.74) is 2.23. The predicted octanol–water partition coefficient (Wildman–Crippen LogP) is 1.01. The summed E-state index contributed by atoms with van der Waals surface area (Å²) in [7, 11) is -4.62. The lowest BCUT2D eigenvalue weighted by molar-refractivity contribution is 0.0959. The van der Waals surface area contributed by atoms with E-state index in [2.05, 4.69) is 10.5 Å². The van der Waals surface area contributed by atoms with Crippen LogP contribution in [0.15, 0.2) is 44.3 Å². The normalized spacial score (nSPS) is 11.8. The van der Waals surface area contributed by atoms with Crippen molar-refractivity contribution in [2.75, 3.05) is 0 Å². The van der Waals surface area contributed by atoms with Gasteiger partial charge in [-0.25, -0.2) is 13.8 Å². The number of furan rings is 1. The fraction of sp³-hybridized carbons (Fsp3) is 0. The average Bonchev–Trinajstić information content (AvgIpc) is 2.99. The first-order valence-corrected chi connectivity index (χ1v) is 7.18. The van der Waals surface area contributed by atoms with Crippen LogP contribution in [0.1, 0.15) is 15.4 Å². The average molecular weight is 299 g/mol. The van der Waals surface area contributed by atoms with Crippen molar-refractivity contribution in [1.82, 2.24) is 5.43 Å². The molecule has 1 amide bonds. The Morgan fingerprint density at radius 1 is 1.42 bits per heavy atom. The number of nitrogens with one attached hydrogen (secondary N) is 1. The van der Waals surface area contributed by atoms with E-state index in [1.807, 2.05) is 0 Å². The number of hydrogen-bond donors (Lipinski definition) is 1. The lowest BCUT2D eigenvalue weighted by atomic mass is 10.4. The first kappa shape index (κ1) is 13.5. The molecule has 7 nitrogen and oxygen atoms in total. The van der Waals surface area contributed by atoms with Crippen LogP contribution in [0.4, 0.5) is 0 Å². The summed E-state index contributed by atoms with van der Waals surface area (Å²) in [6, 6.07) is 5.63. The first-order chi connectivity index (χ1) is 8.97. The van der Waals surface area contributed by atoms with E-state index in [1.54, 1.807) is 17.5 Å². The van der Waals surface area contributed by atoms with Gasteiger partial charge in [0.25, 0.3) is 5.91 Å². The molecular weight excluding hydrogens is 292 g/mol. The van der Waals surface area contributed by atoms with Crippen molar-refractivity contribution in [1.29, 1.82) is 0 Å². The second-order valence-electron chi connectivity index (χ2n) is 3.29. The van der Waals surface area contributed by atoms with Gasteiger partial charge in [0.05, 0.1) is 11.1 Å². The van der Waals surface area contributed by atoms with E-state index in [0.29, 0.717) is 4.88 Å². The van der Waals surface area contributed by atoms with E-state index >= 15 is 0 Å². The molecule has 0 radical (unpaired) electrons. The molecule has 2 rings (SSSR count). The summed E-state index contributed by atoms with van der Waals surface area (Å²) in [5.74, 6) is -0.351. The Bertz CT molecular complexity index is 700. The van der Waals surface area contributed by atoms with Gasteiger partial charge in [-0.05, 0) is 23.6 Å². The molecule has 100 valence electrons. The highest BCUT2D eigenvalue weighted by Gasteiger charge is 2.07. The zero-order valence-electron chi connectivity index (χ0n) is 9.27. The molecule has 0 unspecified atom stereocenters. The van der Waals surface area contributed by atoms with Gasteiger partial charge in [-0.2, -0.15) is 5.10 Å². The molecule has 0 atom stereocenters. The van der Waals surface area contributed by atoms with E-state index in [1.165, 1.54) is 17.4 Å². The molecule has 0 spiro atoms. The Labute approximate surface area is 112 Å². The smallest absolute Gasteiger partial charge is 0.281 e. The third-order valence-electron chi connectivity index (χ3n) is 1.95. The van der Waals surface area contributed by atoms with Crippen LogP contribution < -0.4 is 5.43 Å². The summed E-state index contributed by atoms with van der Waals surface area (Å²) in [5, 5.41) is 4.64. The van der Waals surface area contributed by atoms with E-state index in [4.69, 9.17) is 4.42 Å². The van der Waals surface area contributed by atoms with E-state index in [-0.39, 0.29) is 5.76 Å². The Kier molecular flexibility index (Phi) is 3.79. The van der Waals surface area contributed by atoms with Crippen molar-refractivity contribution in [2.45, 2.75) is 5.09 Å². The van der Waals surface area contributed by atoms with Crippen LogP contribution >= 0.6 is 11.3 Å². The zero-order chi connectivity index (χ0) is 13.9. The lowest BCUT2D eigenvalue weighted by Gasteiger charge is -2.00. The molecule has 0 aliphatic rings. The van der Waals surface area contributed by atoms with Crippen molar-refractivity contribution in [3.8, 4) is 0 Å². The number of hydrogen-bond acceptors (Lipinski definition) is 7. The molecule has 0 bridgehead atoms. The number of carbonyl (C=O) groups is 1. The minimum atomic E-state index is -4.62. The molecular formula is C10H7N2O5S2-. The molecule has 9 heteroatoms. The summed E-state index contributed by atoms with van der Waals surface area (Å²) in [6.07, 6.45) is 1.10. The first-order valence-electron chi connectivity index (χ1n) is 4.89. The molecule has 1 N–H and O–H groups in total. The quantitative estimate of drug-likeness (QED) is 0.514. The van der Waals surface area contributed by atoms with E-state index < -0.39 is 21.1 Å². The summed E-state index contributed by atoms with van der Waals surface area (Å²) in [4.78, 5) is 12.0. The number of rotatable bonds is 4. The van der Waals surface area contributed by atoms with Gasteiger partial charge in [0.2, 0.25) is 5.09 Å². The largest absolute Gasteiger partial charge is 0.742 e. The highest BCUT2D eigenvalue weighted by atomic mass is 32.2. The lowest BCUT2D eigenvalue weighted by Crippen LogP contribution is -2.15. The number of amides is 1. The summed E-state index contributed by atoms with van der Waals surface area (Å²) >= 11 is 1.25. The molecule has 0 aliphatic heterocycles. The zero-order valence-corrected chi connectivity index (χ0v) is 10.9. The van der Waals surface area contributed by atoms with Gasteiger partial charge >= 0.3 is 0 Å². The van der Waals surface area contributed by atoms with Crippen molar-refractivity contribution >= 4 is 33.6 Å². The third-order valence-corrected chi connectivity index (χ3v) is 3.53. The van der Waals surface area contributed by atoms with Crippen molar-refractivity contribution in [2.24, 2.45) is 5.10 Å². The monoisotopic (exact) mass is 299 g/mol. The van der Waals surface area contributed by atoms with Gasteiger partial charge in [0, 0.05) is 0 Å².